The topological polar surface area (TPSA) is 49.4 Å². The standard InChI is InChI=1S/C6H8N2O2/c9-5-2-8-1-4(5)7-6(10)3-8/h4H,1-3H2,(H,7,10). The predicted octanol–water partition coefficient (Wildman–Crippen LogP) is -1.63. The zero-order valence-electron chi connectivity index (χ0n) is 5.46. The molecule has 2 aliphatic rings. The van der Waals surface area contributed by atoms with E-state index in [4.69, 9.17) is 0 Å². The summed E-state index contributed by atoms with van der Waals surface area (Å²) in [6.07, 6.45) is 0. The van der Waals surface area contributed by atoms with Crippen LogP contribution in [0.15, 0.2) is 0 Å². The Balaban J connectivity index is 2.20. The third-order valence-electron chi connectivity index (χ3n) is 1.91. The Morgan fingerprint density at radius 2 is 2.20 bits per heavy atom. The highest BCUT2D eigenvalue weighted by Crippen LogP contribution is 2.08. The molecule has 2 heterocycles. The smallest absolute Gasteiger partial charge is 0.234 e. The van der Waals surface area contributed by atoms with Crippen molar-refractivity contribution in [3.8, 4) is 0 Å². The number of hydrogen-bond donors (Lipinski definition) is 1. The van der Waals surface area contributed by atoms with Crippen molar-refractivity contribution in [2.75, 3.05) is 19.6 Å². The van der Waals surface area contributed by atoms with Gasteiger partial charge in [0.05, 0.1) is 13.1 Å². The third kappa shape index (κ3) is 0.724. The number of piperazine rings is 1. The van der Waals surface area contributed by atoms with Crippen LogP contribution in [-0.4, -0.2) is 42.3 Å². The number of carbonyl (C=O) groups excluding carboxylic acids is 2. The van der Waals surface area contributed by atoms with Gasteiger partial charge in [0.1, 0.15) is 6.04 Å². The van der Waals surface area contributed by atoms with Crippen LogP contribution in [-0.2, 0) is 9.59 Å². The van der Waals surface area contributed by atoms with Gasteiger partial charge >= 0.3 is 0 Å². The molecule has 10 heavy (non-hydrogen) atoms. The molecule has 4 nitrogen and oxygen atoms in total. The molecule has 2 unspecified atom stereocenters. The van der Waals surface area contributed by atoms with Crippen LogP contribution in [0.2, 0.25) is 0 Å². The molecule has 4 heteroatoms. The van der Waals surface area contributed by atoms with Crippen molar-refractivity contribution in [1.82, 2.24) is 10.2 Å². The minimum absolute atomic E-state index is 0.0258. The van der Waals surface area contributed by atoms with E-state index in [2.05, 4.69) is 5.32 Å². The van der Waals surface area contributed by atoms with Crippen LogP contribution in [0.3, 0.4) is 0 Å². The van der Waals surface area contributed by atoms with E-state index in [-0.39, 0.29) is 17.7 Å². The van der Waals surface area contributed by atoms with Crippen LogP contribution in [0.25, 0.3) is 0 Å². The average Bonchev–Trinajstić information content (AvgIpc) is 2.07. The highest BCUT2D eigenvalue weighted by Gasteiger charge is 2.36. The molecular formula is C6H8N2O2. The molecule has 0 aromatic carbocycles. The molecule has 1 N–H and O–H groups in total. The first-order chi connectivity index (χ1) is 4.75. The molecule has 2 saturated heterocycles. The minimum Gasteiger partial charge on any atom is -0.344 e. The number of rotatable bonds is 0. The summed E-state index contributed by atoms with van der Waals surface area (Å²) in [5.41, 5.74) is 0. The lowest BCUT2D eigenvalue weighted by Gasteiger charge is -2.20. The van der Waals surface area contributed by atoms with Gasteiger partial charge in [-0.15, -0.1) is 0 Å². The Labute approximate surface area is 58.2 Å². The summed E-state index contributed by atoms with van der Waals surface area (Å²) >= 11 is 0. The van der Waals surface area contributed by atoms with E-state index in [1.165, 1.54) is 0 Å². The Morgan fingerprint density at radius 3 is 2.90 bits per heavy atom. The molecular weight excluding hydrogens is 132 g/mol. The van der Waals surface area contributed by atoms with E-state index in [1.807, 2.05) is 4.90 Å². The van der Waals surface area contributed by atoms with Crippen LogP contribution < -0.4 is 5.32 Å². The normalized spacial score (nSPS) is 38.0. The first-order valence-electron chi connectivity index (χ1n) is 3.30. The molecule has 54 valence electrons. The van der Waals surface area contributed by atoms with E-state index in [1.54, 1.807) is 0 Å². The van der Waals surface area contributed by atoms with E-state index in [0.717, 1.165) is 0 Å². The molecule has 0 saturated carbocycles. The lowest BCUT2D eigenvalue weighted by Crippen LogP contribution is -2.48. The Kier molecular flexibility index (Phi) is 1.05. The fourth-order valence-electron chi connectivity index (χ4n) is 1.44. The summed E-state index contributed by atoms with van der Waals surface area (Å²) in [6.45, 7) is 1.55. The summed E-state index contributed by atoms with van der Waals surface area (Å²) < 4.78 is 0. The number of ketones is 1. The molecule has 2 fully saturated rings. The van der Waals surface area contributed by atoms with E-state index >= 15 is 0 Å². The number of nitrogens with zero attached hydrogens (tertiary/aromatic N) is 1. The number of amides is 1. The summed E-state index contributed by atoms with van der Waals surface area (Å²) in [4.78, 5) is 23.6. The molecule has 0 spiro atoms. The zero-order valence-corrected chi connectivity index (χ0v) is 5.46. The second-order valence-corrected chi connectivity index (χ2v) is 2.76. The van der Waals surface area contributed by atoms with Gasteiger partial charge < -0.3 is 5.32 Å². The second kappa shape index (κ2) is 1.79. The Morgan fingerprint density at radius 1 is 1.40 bits per heavy atom. The van der Waals surface area contributed by atoms with Gasteiger partial charge in [0.15, 0.2) is 5.78 Å². The average molecular weight is 140 g/mol. The molecule has 0 aromatic heterocycles. The molecule has 1 amide bonds. The first-order valence-corrected chi connectivity index (χ1v) is 3.30. The molecule has 0 aliphatic carbocycles. The van der Waals surface area contributed by atoms with Crippen molar-refractivity contribution in [3.63, 3.8) is 0 Å². The molecule has 2 aliphatic heterocycles. The third-order valence-corrected chi connectivity index (χ3v) is 1.91. The second-order valence-electron chi connectivity index (χ2n) is 2.76. The van der Waals surface area contributed by atoms with Crippen molar-refractivity contribution in [2.45, 2.75) is 6.04 Å². The number of fused-ring (bicyclic) bond motifs is 2. The van der Waals surface area contributed by atoms with Gasteiger partial charge in [0, 0.05) is 6.54 Å². The van der Waals surface area contributed by atoms with Crippen molar-refractivity contribution in [1.29, 1.82) is 0 Å². The van der Waals surface area contributed by atoms with E-state index in [0.29, 0.717) is 19.6 Å². The van der Waals surface area contributed by atoms with Crippen LogP contribution in [0, 0.1) is 0 Å². The van der Waals surface area contributed by atoms with Crippen LogP contribution >= 0.6 is 0 Å². The molecule has 0 aromatic rings. The quantitative estimate of drug-likeness (QED) is 0.439. The SMILES string of the molecule is O=C1CN2CC(=O)C(C2)N1. The highest BCUT2D eigenvalue weighted by molar-refractivity contribution is 5.95. The van der Waals surface area contributed by atoms with Crippen molar-refractivity contribution < 1.29 is 9.59 Å². The maximum Gasteiger partial charge on any atom is 0.234 e. The highest BCUT2D eigenvalue weighted by atomic mass is 16.2. The monoisotopic (exact) mass is 140 g/mol. The lowest BCUT2D eigenvalue weighted by molar-refractivity contribution is -0.125. The van der Waals surface area contributed by atoms with Gasteiger partial charge in [-0.05, 0) is 0 Å². The maximum atomic E-state index is 10.9. The Hall–Kier alpha value is -0.900. The number of hydrogen-bond acceptors (Lipinski definition) is 3. The van der Waals surface area contributed by atoms with Crippen molar-refractivity contribution >= 4 is 11.7 Å². The van der Waals surface area contributed by atoms with Gasteiger partial charge in [-0.1, -0.05) is 0 Å². The number of carbonyl (C=O) groups is 2. The molecule has 2 bridgehead atoms. The van der Waals surface area contributed by atoms with Crippen LogP contribution in [0.4, 0.5) is 0 Å². The summed E-state index contributed by atoms with van der Waals surface area (Å²) in [6, 6.07) is -0.207. The molecule has 2 atom stereocenters. The first kappa shape index (κ1) is 5.85. The van der Waals surface area contributed by atoms with Gasteiger partial charge in [-0.3, -0.25) is 14.5 Å². The fraction of sp³-hybridized carbons (Fsp3) is 0.667. The molecule has 0 radical (unpaired) electrons. The molecule has 2 rings (SSSR count). The Bertz CT molecular complexity index is 200. The van der Waals surface area contributed by atoms with Crippen molar-refractivity contribution in [3.05, 3.63) is 0 Å². The maximum absolute atomic E-state index is 10.9. The number of Topliss-reactive ketones (excluding diaryl/α,β-unsaturated/α-hetero) is 1. The lowest BCUT2D eigenvalue weighted by atomic mass is 10.2. The van der Waals surface area contributed by atoms with E-state index < -0.39 is 0 Å². The predicted molar refractivity (Wildman–Crippen MR) is 33.4 cm³/mol. The van der Waals surface area contributed by atoms with Gasteiger partial charge in [0.2, 0.25) is 5.91 Å². The zero-order chi connectivity index (χ0) is 7.14. The van der Waals surface area contributed by atoms with Crippen LogP contribution in [0.5, 0.6) is 0 Å². The van der Waals surface area contributed by atoms with Crippen molar-refractivity contribution in [2.24, 2.45) is 0 Å². The van der Waals surface area contributed by atoms with Gasteiger partial charge in [0.25, 0.3) is 0 Å². The van der Waals surface area contributed by atoms with Gasteiger partial charge in [-0.25, -0.2) is 0 Å². The summed E-state index contributed by atoms with van der Waals surface area (Å²) in [5, 5.41) is 2.63. The summed E-state index contributed by atoms with van der Waals surface area (Å²) in [7, 11) is 0. The van der Waals surface area contributed by atoms with Crippen LogP contribution in [0.1, 0.15) is 0 Å². The number of nitrogens with one attached hydrogen (secondary N) is 1. The minimum atomic E-state index is -0.207. The van der Waals surface area contributed by atoms with Gasteiger partial charge in [-0.2, -0.15) is 0 Å². The summed E-state index contributed by atoms with van der Waals surface area (Å²) in [5.74, 6) is 0.118. The largest absolute Gasteiger partial charge is 0.344 e. The fourth-order valence-corrected chi connectivity index (χ4v) is 1.44. The van der Waals surface area contributed by atoms with E-state index in [9.17, 15) is 9.59 Å².